The van der Waals surface area contributed by atoms with E-state index in [0.29, 0.717) is 17.7 Å². The van der Waals surface area contributed by atoms with Crippen LogP contribution in [0.3, 0.4) is 0 Å². The largest absolute Gasteiger partial charge is 0.340 e. The van der Waals surface area contributed by atoms with Gasteiger partial charge in [0.1, 0.15) is 5.82 Å². The maximum Gasteiger partial charge on any atom is 0.252 e. The molecule has 0 bridgehead atoms. The number of halogens is 1. The number of sulfonamides is 1. The molecule has 0 saturated heterocycles. The average Bonchev–Trinajstić information content (AvgIpc) is 3.21. The molecule has 3 rings (SSSR count). The quantitative estimate of drug-likeness (QED) is 0.548. The van der Waals surface area contributed by atoms with Crippen molar-refractivity contribution in [2.75, 3.05) is 10.5 Å². The lowest BCUT2D eigenvalue weighted by molar-refractivity contribution is 0.0943. The highest BCUT2D eigenvalue weighted by atomic mass is 32.2. The summed E-state index contributed by atoms with van der Waals surface area (Å²) in [7, 11) is -3.45. The van der Waals surface area contributed by atoms with Crippen LogP contribution in [0.2, 0.25) is 0 Å². The fourth-order valence-corrected chi connectivity index (χ4v) is 4.80. The second kappa shape index (κ2) is 9.19. The minimum Gasteiger partial charge on any atom is -0.340 e. The first-order valence-corrected chi connectivity index (χ1v) is 11.6. The molecule has 29 heavy (non-hydrogen) atoms. The van der Waals surface area contributed by atoms with E-state index < -0.39 is 16.1 Å². The Balaban J connectivity index is 1.83. The van der Waals surface area contributed by atoms with Crippen LogP contribution in [-0.2, 0) is 10.0 Å². The molecule has 1 unspecified atom stereocenters. The van der Waals surface area contributed by atoms with E-state index in [4.69, 9.17) is 0 Å². The Morgan fingerprint density at radius 2 is 1.86 bits per heavy atom. The van der Waals surface area contributed by atoms with Crippen molar-refractivity contribution >= 4 is 33.0 Å². The summed E-state index contributed by atoms with van der Waals surface area (Å²) in [4.78, 5) is 13.8. The molecule has 1 amide bonds. The van der Waals surface area contributed by atoms with Crippen LogP contribution in [0.15, 0.2) is 66.0 Å². The summed E-state index contributed by atoms with van der Waals surface area (Å²) in [6.07, 6.45) is 0.496. The van der Waals surface area contributed by atoms with E-state index in [1.807, 2.05) is 17.5 Å². The van der Waals surface area contributed by atoms with Crippen molar-refractivity contribution in [2.45, 2.75) is 19.4 Å². The number of thiophene rings is 1. The maximum absolute atomic E-state index is 13.3. The number of benzene rings is 2. The Hall–Kier alpha value is -2.71. The summed E-state index contributed by atoms with van der Waals surface area (Å²) in [6, 6.07) is 15.6. The highest BCUT2D eigenvalue weighted by Crippen LogP contribution is 2.27. The van der Waals surface area contributed by atoms with Gasteiger partial charge in [-0.05, 0) is 53.8 Å². The van der Waals surface area contributed by atoms with Gasteiger partial charge >= 0.3 is 0 Å². The van der Waals surface area contributed by atoms with Gasteiger partial charge in [-0.1, -0.05) is 31.2 Å². The lowest BCUT2D eigenvalue weighted by atomic mass is 10.0. The van der Waals surface area contributed by atoms with Crippen LogP contribution in [0.5, 0.6) is 0 Å². The number of rotatable bonds is 8. The molecule has 0 fully saturated rings. The van der Waals surface area contributed by atoms with Crippen LogP contribution in [0.1, 0.15) is 40.2 Å². The third-order valence-electron chi connectivity index (χ3n) is 4.18. The van der Waals surface area contributed by atoms with Crippen LogP contribution in [0.25, 0.3) is 0 Å². The molecule has 0 radical (unpaired) electrons. The molecule has 5 nitrogen and oxygen atoms in total. The van der Waals surface area contributed by atoms with Crippen molar-refractivity contribution in [3.05, 3.63) is 87.9 Å². The fourth-order valence-electron chi connectivity index (χ4n) is 2.87. The smallest absolute Gasteiger partial charge is 0.252 e. The Morgan fingerprint density at radius 3 is 2.52 bits per heavy atom. The van der Waals surface area contributed by atoms with Crippen molar-refractivity contribution in [1.82, 2.24) is 5.32 Å². The highest BCUT2D eigenvalue weighted by molar-refractivity contribution is 7.92. The lowest BCUT2D eigenvalue weighted by Gasteiger charge is -2.18. The molecule has 0 saturated carbocycles. The standard InChI is InChI=1S/C21H21FN2O3S2/c1-2-13-29(26,27)24-18-6-3-5-16(14-18)21(25)23-20(19-7-4-12-28-19)15-8-10-17(22)11-9-15/h3-12,14,20,24H,2,13H2,1H3,(H,23,25). The zero-order valence-corrected chi connectivity index (χ0v) is 17.4. The van der Waals surface area contributed by atoms with Gasteiger partial charge in [0.2, 0.25) is 10.0 Å². The van der Waals surface area contributed by atoms with Gasteiger partial charge < -0.3 is 5.32 Å². The SMILES string of the molecule is CCCS(=O)(=O)Nc1cccc(C(=O)NC(c2ccc(F)cc2)c2cccs2)c1. The molecule has 0 aliphatic heterocycles. The minimum absolute atomic E-state index is 0.00838. The number of carbonyl (C=O) groups excluding carboxylic acids is 1. The molecule has 1 aromatic heterocycles. The number of nitrogens with one attached hydrogen (secondary N) is 2. The van der Waals surface area contributed by atoms with E-state index in [9.17, 15) is 17.6 Å². The molecule has 2 aromatic carbocycles. The van der Waals surface area contributed by atoms with Crippen molar-refractivity contribution in [1.29, 1.82) is 0 Å². The fraction of sp³-hybridized carbons (Fsp3) is 0.190. The van der Waals surface area contributed by atoms with Crippen molar-refractivity contribution in [2.24, 2.45) is 0 Å². The molecule has 0 aliphatic rings. The summed E-state index contributed by atoms with van der Waals surface area (Å²) in [5.74, 6) is -0.699. The van der Waals surface area contributed by atoms with E-state index in [0.717, 1.165) is 10.4 Å². The molecule has 0 spiro atoms. The third kappa shape index (κ3) is 5.65. The zero-order valence-electron chi connectivity index (χ0n) is 15.8. The predicted octanol–water partition coefficient (Wildman–Crippen LogP) is 4.56. The van der Waals surface area contributed by atoms with Crippen molar-refractivity contribution in [3.8, 4) is 0 Å². The van der Waals surface area contributed by atoms with Gasteiger partial charge in [-0.25, -0.2) is 12.8 Å². The van der Waals surface area contributed by atoms with Crippen molar-refractivity contribution < 1.29 is 17.6 Å². The predicted molar refractivity (Wildman–Crippen MR) is 114 cm³/mol. The summed E-state index contributed by atoms with van der Waals surface area (Å²) in [5, 5.41) is 4.86. The second-order valence-corrected chi connectivity index (χ2v) is 9.30. The third-order valence-corrected chi connectivity index (χ3v) is 6.61. The van der Waals surface area contributed by atoms with E-state index in [2.05, 4.69) is 10.0 Å². The molecule has 1 heterocycles. The van der Waals surface area contributed by atoms with Gasteiger partial charge in [-0.3, -0.25) is 9.52 Å². The van der Waals surface area contributed by atoms with Gasteiger partial charge in [0.05, 0.1) is 11.8 Å². The molecule has 1 atom stereocenters. The number of amides is 1. The first-order chi connectivity index (χ1) is 13.9. The number of hydrogen-bond acceptors (Lipinski definition) is 4. The molecule has 2 N–H and O–H groups in total. The summed E-state index contributed by atoms with van der Waals surface area (Å²) in [6.45, 7) is 1.78. The van der Waals surface area contributed by atoms with Gasteiger partial charge in [-0.2, -0.15) is 0 Å². The average molecular weight is 433 g/mol. The van der Waals surface area contributed by atoms with Crippen LogP contribution < -0.4 is 10.0 Å². The highest BCUT2D eigenvalue weighted by Gasteiger charge is 2.19. The Bertz CT molecular complexity index is 1070. The van der Waals surface area contributed by atoms with E-state index in [-0.39, 0.29) is 17.5 Å². The molecule has 152 valence electrons. The molecule has 3 aromatic rings. The maximum atomic E-state index is 13.3. The number of carbonyl (C=O) groups is 1. The monoisotopic (exact) mass is 432 g/mol. The molecule has 0 aliphatic carbocycles. The molecule has 8 heteroatoms. The molecular formula is C21H21FN2O3S2. The van der Waals surface area contributed by atoms with E-state index >= 15 is 0 Å². The first kappa shape index (κ1) is 21.0. The number of hydrogen-bond donors (Lipinski definition) is 2. The van der Waals surface area contributed by atoms with Gasteiger partial charge in [0.25, 0.3) is 5.91 Å². The normalized spacial score (nSPS) is 12.3. The van der Waals surface area contributed by atoms with Crippen LogP contribution in [0, 0.1) is 5.82 Å². The summed E-state index contributed by atoms with van der Waals surface area (Å²) in [5.41, 5.74) is 1.41. The summed E-state index contributed by atoms with van der Waals surface area (Å²) < 4.78 is 39.8. The second-order valence-electron chi connectivity index (χ2n) is 6.48. The van der Waals surface area contributed by atoms with Crippen LogP contribution in [-0.4, -0.2) is 20.1 Å². The molecular weight excluding hydrogens is 411 g/mol. The van der Waals surface area contributed by atoms with Gasteiger partial charge in [-0.15, -0.1) is 11.3 Å². The van der Waals surface area contributed by atoms with Crippen LogP contribution in [0.4, 0.5) is 10.1 Å². The van der Waals surface area contributed by atoms with E-state index in [1.165, 1.54) is 29.5 Å². The Labute approximate surface area is 173 Å². The Morgan fingerprint density at radius 1 is 1.10 bits per heavy atom. The lowest BCUT2D eigenvalue weighted by Crippen LogP contribution is -2.29. The van der Waals surface area contributed by atoms with Crippen molar-refractivity contribution in [3.63, 3.8) is 0 Å². The van der Waals surface area contributed by atoms with Crippen LogP contribution >= 0.6 is 11.3 Å². The topological polar surface area (TPSA) is 75.3 Å². The van der Waals surface area contributed by atoms with E-state index in [1.54, 1.807) is 37.3 Å². The Kier molecular flexibility index (Phi) is 6.66. The number of anilines is 1. The van der Waals surface area contributed by atoms with Gasteiger partial charge in [0, 0.05) is 16.1 Å². The minimum atomic E-state index is -3.45. The summed E-state index contributed by atoms with van der Waals surface area (Å²) >= 11 is 1.48. The first-order valence-electron chi connectivity index (χ1n) is 9.08. The van der Waals surface area contributed by atoms with Gasteiger partial charge in [0.15, 0.2) is 0 Å². The zero-order chi connectivity index (χ0) is 20.9.